The van der Waals surface area contributed by atoms with Gasteiger partial charge < -0.3 is 4.74 Å². The number of ketones is 1. The van der Waals surface area contributed by atoms with Gasteiger partial charge in [-0.2, -0.15) is 0 Å². The monoisotopic (exact) mass is 389 g/mol. The highest BCUT2D eigenvalue weighted by Crippen LogP contribution is 2.17. The molecule has 1 atom stereocenters. The molecule has 0 fully saturated rings. The van der Waals surface area contributed by atoms with E-state index in [1.165, 1.54) is 22.9 Å². The molecule has 0 bridgehead atoms. The summed E-state index contributed by atoms with van der Waals surface area (Å²) in [6.45, 7) is -0.0910. The smallest absolute Gasteiger partial charge is 0.338 e. The lowest BCUT2D eigenvalue weighted by atomic mass is 10.1. The number of carbonyl (C=O) groups excluding carboxylic acids is 2. The van der Waals surface area contributed by atoms with Gasteiger partial charge in [-0.1, -0.05) is 47.7 Å². The zero-order chi connectivity index (χ0) is 20.2. The van der Waals surface area contributed by atoms with Crippen molar-refractivity contribution in [2.75, 3.05) is 0 Å². The fraction of sp³-hybridized carbons (Fsp3) is 0.0909. The highest BCUT2D eigenvalue weighted by molar-refractivity contribution is 6.01. The SMILES string of the molecule is O=C(O[C@@H](Cn1nnc2ccccc21)C(=O)c1ccccc1F)c1ccccc1. The summed E-state index contributed by atoms with van der Waals surface area (Å²) in [5, 5.41) is 8.09. The molecular formula is C22H16FN3O3. The van der Waals surface area contributed by atoms with Crippen molar-refractivity contribution in [3.05, 3.63) is 95.8 Å². The third-order valence-electron chi connectivity index (χ3n) is 4.45. The fourth-order valence-corrected chi connectivity index (χ4v) is 2.99. The van der Waals surface area contributed by atoms with E-state index in [0.717, 1.165) is 0 Å². The van der Waals surface area contributed by atoms with E-state index in [1.54, 1.807) is 48.5 Å². The van der Waals surface area contributed by atoms with Crippen molar-refractivity contribution in [3.63, 3.8) is 0 Å². The molecule has 1 aromatic heterocycles. The first-order valence-corrected chi connectivity index (χ1v) is 8.96. The van der Waals surface area contributed by atoms with Crippen LogP contribution in [0.2, 0.25) is 0 Å². The summed E-state index contributed by atoms with van der Waals surface area (Å²) in [5.41, 5.74) is 1.46. The normalized spacial score (nSPS) is 11.9. The summed E-state index contributed by atoms with van der Waals surface area (Å²) in [6.07, 6.45) is -1.27. The van der Waals surface area contributed by atoms with Gasteiger partial charge in [0, 0.05) is 0 Å². The van der Waals surface area contributed by atoms with Crippen molar-refractivity contribution in [2.24, 2.45) is 0 Å². The van der Waals surface area contributed by atoms with E-state index in [2.05, 4.69) is 10.3 Å². The third kappa shape index (κ3) is 3.89. The number of hydrogen-bond acceptors (Lipinski definition) is 5. The van der Waals surface area contributed by atoms with Crippen LogP contribution in [0.25, 0.3) is 11.0 Å². The van der Waals surface area contributed by atoms with Gasteiger partial charge in [-0.05, 0) is 36.4 Å². The summed E-state index contributed by atoms with van der Waals surface area (Å²) < 4.78 is 21.2. The first-order chi connectivity index (χ1) is 14.1. The van der Waals surface area contributed by atoms with Gasteiger partial charge in [0.15, 0.2) is 6.10 Å². The largest absolute Gasteiger partial charge is 0.448 e. The fourth-order valence-electron chi connectivity index (χ4n) is 2.99. The highest BCUT2D eigenvalue weighted by Gasteiger charge is 2.28. The summed E-state index contributed by atoms with van der Waals surface area (Å²) >= 11 is 0. The number of hydrogen-bond donors (Lipinski definition) is 0. The number of aromatic nitrogens is 3. The maximum absolute atomic E-state index is 14.2. The average molecular weight is 389 g/mol. The van der Waals surface area contributed by atoms with Crippen LogP contribution in [0.1, 0.15) is 20.7 Å². The Labute approximate surface area is 165 Å². The molecular weight excluding hydrogens is 373 g/mol. The van der Waals surface area contributed by atoms with Gasteiger partial charge in [0.25, 0.3) is 0 Å². The molecule has 0 spiro atoms. The quantitative estimate of drug-likeness (QED) is 0.372. The number of para-hydroxylation sites is 1. The van der Waals surface area contributed by atoms with Crippen LogP contribution in [0, 0.1) is 5.82 Å². The molecule has 0 saturated heterocycles. The molecule has 144 valence electrons. The summed E-state index contributed by atoms with van der Waals surface area (Å²) in [5.74, 6) is -2.00. The van der Waals surface area contributed by atoms with Crippen LogP contribution in [-0.4, -0.2) is 32.9 Å². The van der Waals surface area contributed by atoms with Gasteiger partial charge in [-0.25, -0.2) is 13.9 Å². The molecule has 3 aromatic carbocycles. The van der Waals surface area contributed by atoms with Gasteiger partial charge in [0.1, 0.15) is 11.3 Å². The lowest BCUT2D eigenvalue weighted by molar-refractivity contribution is 0.0243. The molecule has 7 heteroatoms. The van der Waals surface area contributed by atoms with Gasteiger partial charge >= 0.3 is 5.97 Å². The molecule has 0 aliphatic rings. The maximum atomic E-state index is 14.2. The molecule has 0 amide bonds. The first-order valence-electron chi connectivity index (χ1n) is 8.96. The Morgan fingerprint density at radius 2 is 1.62 bits per heavy atom. The van der Waals surface area contributed by atoms with E-state index < -0.39 is 23.7 Å². The van der Waals surface area contributed by atoms with Crippen molar-refractivity contribution in [2.45, 2.75) is 12.6 Å². The number of benzene rings is 3. The molecule has 1 heterocycles. The topological polar surface area (TPSA) is 74.1 Å². The third-order valence-corrected chi connectivity index (χ3v) is 4.45. The predicted molar refractivity (Wildman–Crippen MR) is 104 cm³/mol. The Morgan fingerprint density at radius 1 is 0.931 bits per heavy atom. The zero-order valence-electron chi connectivity index (χ0n) is 15.2. The van der Waals surface area contributed by atoms with Crippen LogP contribution >= 0.6 is 0 Å². The lowest BCUT2D eigenvalue weighted by Gasteiger charge is -2.17. The molecule has 0 aliphatic heterocycles. The Morgan fingerprint density at radius 3 is 2.41 bits per heavy atom. The van der Waals surface area contributed by atoms with E-state index in [-0.39, 0.29) is 12.1 Å². The molecule has 4 aromatic rings. The molecule has 29 heavy (non-hydrogen) atoms. The van der Waals surface area contributed by atoms with E-state index >= 15 is 0 Å². The summed E-state index contributed by atoms with van der Waals surface area (Å²) in [6, 6.07) is 21.1. The van der Waals surface area contributed by atoms with Gasteiger partial charge in [-0.3, -0.25) is 4.79 Å². The highest BCUT2D eigenvalue weighted by atomic mass is 19.1. The van der Waals surface area contributed by atoms with Crippen LogP contribution in [0.3, 0.4) is 0 Å². The average Bonchev–Trinajstić information content (AvgIpc) is 3.16. The van der Waals surface area contributed by atoms with Crippen LogP contribution in [-0.2, 0) is 11.3 Å². The van der Waals surface area contributed by atoms with Crippen molar-refractivity contribution >= 4 is 22.8 Å². The second-order valence-electron chi connectivity index (χ2n) is 6.36. The Hall–Kier alpha value is -3.87. The minimum atomic E-state index is -1.27. The van der Waals surface area contributed by atoms with Crippen molar-refractivity contribution in [3.8, 4) is 0 Å². The number of halogens is 1. The number of rotatable bonds is 6. The van der Waals surface area contributed by atoms with Gasteiger partial charge in [0.2, 0.25) is 5.78 Å². The number of fused-ring (bicyclic) bond motifs is 1. The second kappa shape index (κ2) is 8.02. The molecule has 4 rings (SSSR count). The second-order valence-corrected chi connectivity index (χ2v) is 6.36. The molecule has 0 N–H and O–H groups in total. The minimum absolute atomic E-state index is 0.0910. The van der Waals surface area contributed by atoms with Gasteiger partial charge in [0.05, 0.1) is 23.2 Å². The Kier molecular flexibility index (Phi) is 5.11. The van der Waals surface area contributed by atoms with Crippen molar-refractivity contribution in [1.82, 2.24) is 15.0 Å². The molecule has 0 unspecified atom stereocenters. The van der Waals surface area contributed by atoms with Crippen LogP contribution in [0.4, 0.5) is 4.39 Å². The first kappa shape index (κ1) is 18.5. The van der Waals surface area contributed by atoms with E-state index in [9.17, 15) is 14.0 Å². The zero-order valence-corrected chi connectivity index (χ0v) is 15.2. The van der Waals surface area contributed by atoms with Crippen LogP contribution in [0.5, 0.6) is 0 Å². The van der Waals surface area contributed by atoms with E-state index in [0.29, 0.717) is 16.6 Å². The molecule has 0 aliphatic carbocycles. The number of carbonyl (C=O) groups is 2. The van der Waals surface area contributed by atoms with Crippen LogP contribution in [0.15, 0.2) is 78.9 Å². The van der Waals surface area contributed by atoms with Crippen molar-refractivity contribution in [1.29, 1.82) is 0 Å². The molecule has 0 saturated carbocycles. The lowest BCUT2D eigenvalue weighted by Crippen LogP contribution is -2.33. The number of Topliss-reactive ketones (excluding diaryl/α,β-unsaturated/α-hetero) is 1. The predicted octanol–water partition coefficient (Wildman–Crippen LogP) is 3.68. The van der Waals surface area contributed by atoms with Crippen LogP contribution < -0.4 is 0 Å². The summed E-state index contributed by atoms with van der Waals surface area (Å²) in [7, 11) is 0. The number of esters is 1. The number of nitrogens with zero attached hydrogens (tertiary/aromatic N) is 3. The molecule has 6 nitrogen and oxygen atoms in total. The standard InChI is InChI=1S/C22H16FN3O3/c23-17-11-5-4-10-16(17)21(27)20(29-22(28)15-8-2-1-3-9-15)14-26-19-13-7-6-12-18(19)24-25-26/h1-13,20H,14H2/t20-/m0/s1. The minimum Gasteiger partial charge on any atom is -0.448 e. The van der Waals surface area contributed by atoms with E-state index in [4.69, 9.17) is 4.74 Å². The maximum Gasteiger partial charge on any atom is 0.338 e. The Balaban J connectivity index is 1.67. The van der Waals surface area contributed by atoms with Crippen molar-refractivity contribution < 1.29 is 18.7 Å². The molecule has 0 radical (unpaired) electrons. The number of ether oxygens (including phenoxy) is 1. The van der Waals surface area contributed by atoms with Gasteiger partial charge in [-0.15, -0.1) is 5.10 Å². The summed E-state index contributed by atoms with van der Waals surface area (Å²) in [4.78, 5) is 25.6. The Bertz CT molecular complexity index is 1170. The van der Waals surface area contributed by atoms with E-state index in [1.807, 2.05) is 12.1 Å².